The van der Waals surface area contributed by atoms with Crippen LogP contribution in [0.25, 0.3) is 0 Å². The molecule has 1 atom stereocenters. The number of halogens is 2. The second kappa shape index (κ2) is 5.86. The molecule has 0 saturated carbocycles. The molecule has 2 aromatic heterocycles. The summed E-state index contributed by atoms with van der Waals surface area (Å²) < 4.78 is 1.84. The largest absolute Gasteiger partial charge is 0.305 e. The number of hydrogen-bond acceptors (Lipinski definition) is 3. The highest BCUT2D eigenvalue weighted by molar-refractivity contribution is 9.10. The van der Waals surface area contributed by atoms with Gasteiger partial charge in [-0.15, -0.1) is 22.7 Å². The van der Waals surface area contributed by atoms with E-state index in [2.05, 4.69) is 40.3 Å². The van der Waals surface area contributed by atoms with Crippen LogP contribution in [0.4, 0.5) is 0 Å². The van der Waals surface area contributed by atoms with Gasteiger partial charge in [0.2, 0.25) is 0 Å². The van der Waals surface area contributed by atoms with Crippen molar-refractivity contribution in [1.82, 2.24) is 5.32 Å². The molecule has 3 rings (SSSR count). The number of nitrogens with one attached hydrogen (secondary N) is 1. The van der Waals surface area contributed by atoms with Gasteiger partial charge in [-0.3, -0.25) is 0 Å². The molecule has 19 heavy (non-hydrogen) atoms. The Bertz CT molecular complexity index is 549. The van der Waals surface area contributed by atoms with Crippen molar-refractivity contribution in [3.63, 3.8) is 0 Å². The summed E-state index contributed by atoms with van der Waals surface area (Å²) in [6.45, 7) is 3.11. The van der Waals surface area contributed by atoms with Crippen LogP contribution in [0.3, 0.4) is 0 Å². The molecule has 102 valence electrons. The van der Waals surface area contributed by atoms with Crippen LogP contribution in [-0.2, 0) is 12.8 Å². The minimum Gasteiger partial charge on any atom is -0.305 e. The van der Waals surface area contributed by atoms with Crippen LogP contribution in [0.2, 0.25) is 4.34 Å². The van der Waals surface area contributed by atoms with Crippen molar-refractivity contribution < 1.29 is 0 Å². The molecule has 1 aliphatic carbocycles. The molecule has 1 aliphatic rings. The SMILES string of the molecule is CCNC(c1cc(Br)c(Cl)s1)c1cc2c(s1)CCC2. The third-order valence-corrected chi connectivity index (χ3v) is 7.25. The predicted octanol–water partition coefficient (Wildman–Crippen LogP) is 5.41. The van der Waals surface area contributed by atoms with Crippen LogP contribution in [0.1, 0.15) is 39.6 Å². The Labute approximate surface area is 135 Å². The first-order chi connectivity index (χ1) is 9.19. The van der Waals surface area contributed by atoms with Crippen molar-refractivity contribution >= 4 is 50.2 Å². The Balaban J connectivity index is 1.95. The minimum atomic E-state index is 0.286. The lowest BCUT2D eigenvalue weighted by Gasteiger charge is -2.14. The summed E-state index contributed by atoms with van der Waals surface area (Å²) in [6, 6.07) is 4.82. The zero-order valence-corrected chi connectivity index (χ0v) is 14.6. The predicted molar refractivity (Wildman–Crippen MR) is 88.9 cm³/mol. The molecule has 1 unspecified atom stereocenters. The number of fused-ring (bicyclic) bond motifs is 1. The van der Waals surface area contributed by atoms with Gasteiger partial charge in [0.25, 0.3) is 0 Å². The number of aryl methyl sites for hydroxylation is 2. The average molecular weight is 377 g/mol. The zero-order chi connectivity index (χ0) is 13.4. The van der Waals surface area contributed by atoms with Gasteiger partial charge in [0.05, 0.1) is 6.04 Å². The number of hydrogen-bond donors (Lipinski definition) is 1. The van der Waals surface area contributed by atoms with Crippen molar-refractivity contribution in [2.45, 2.75) is 32.2 Å². The maximum atomic E-state index is 6.18. The fourth-order valence-electron chi connectivity index (χ4n) is 2.55. The van der Waals surface area contributed by atoms with E-state index in [4.69, 9.17) is 11.6 Å². The van der Waals surface area contributed by atoms with E-state index in [9.17, 15) is 0 Å². The number of thiophene rings is 2. The Morgan fingerprint density at radius 1 is 1.32 bits per heavy atom. The maximum Gasteiger partial charge on any atom is 0.107 e. The van der Waals surface area contributed by atoms with Gasteiger partial charge >= 0.3 is 0 Å². The first-order valence-electron chi connectivity index (χ1n) is 6.48. The van der Waals surface area contributed by atoms with Crippen LogP contribution in [0, 0.1) is 0 Å². The monoisotopic (exact) mass is 375 g/mol. The topological polar surface area (TPSA) is 12.0 Å². The first kappa shape index (κ1) is 14.1. The summed E-state index contributed by atoms with van der Waals surface area (Å²) in [4.78, 5) is 4.30. The van der Waals surface area contributed by atoms with E-state index in [0.717, 1.165) is 15.4 Å². The molecular formula is C14H15BrClNS2. The third-order valence-electron chi connectivity index (χ3n) is 3.41. The highest BCUT2D eigenvalue weighted by Gasteiger charge is 2.22. The van der Waals surface area contributed by atoms with E-state index in [1.54, 1.807) is 21.8 Å². The lowest BCUT2D eigenvalue weighted by Crippen LogP contribution is -2.20. The van der Waals surface area contributed by atoms with Crippen molar-refractivity contribution in [2.75, 3.05) is 6.54 Å². The molecule has 0 aliphatic heterocycles. The van der Waals surface area contributed by atoms with Gasteiger partial charge in [0.15, 0.2) is 0 Å². The molecule has 0 amide bonds. The molecule has 0 aromatic carbocycles. The summed E-state index contributed by atoms with van der Waals surface area (Å²) in [7, 11) is 0. The van der Waals surface area contributed by atoms with Crippen molar-refractivity contribution in [3.05, 3.63) is 41.1 Å². The maximum absolute atomic E-state index is 6.18. The Kier molecular flexibility index (Phi) is 4.34. The Morgan fingerprint density at radius 3 is 2.74 bits per heavy atom. The van der Waals surface area contributed by atoms with Crippen molar-refractivity contribution in [3.8, 4) is 0 Å². The quantitative estimate of drug-likeness (QED) is 0.752. The van der Waals surface area contributed by atoms with Gasteiger partial charge in [-0.05, 0) is 59.4 Å². The van der Waals surface area contributed by atoms with E-state index in [1.807, 2.05) is 11.3 Å². The van der Waals surface area contributed by atoms with Crippen LogP contribution in [-0.4, -0.2) is 6.54 Å². The van der Waals surface area contributed by atoms with E-state index >= 15 is 0 Å². The molecule has 0 saturated heterocycles. The molecular weight excluding hydrogens is 362 g/mol. The molecule has 0 bridgehead atoms. The summed E-state index contributed by atoms with van der Waals surface area (Å²) >= 11 is 13.3. The highest BCUT2D eigenvalue weighted by atomic mass is 79.9. The molecule has 1 nitrogen and oxygen atoms in total. The zero-order valence-electron chi connectivity index (χ0n) is 10.6. The van der Waals surface area contributed by atoms with Gasteiger partial charge in [-0.1, -0.05) is 18.5 Å². The lowest BCUT2D eigenvalue weighted by atomic mass is 10.1. The second-order valence-corrected chi connectivity index (χ2v) is 8.42. The van der Waals surface area contributed by atoms with Crippen LogP contribution < -0.4 is 5.32 Å². The summed E-state index contributed by atoms with van der Waals surface area (Å²) in [5.74, 6) is 0. The Hall–Kier alpha value is 0.130. The second-order valence-electron chi connectivity index (χ2n) is 4.71. The minimum absolute atomic E-state index is 0.286. The van der Waals surface area contributed by atoms with Gasteiger partial charge in [0, 0.05) is 19.1 Å². The van der Waals surface area contributed by atoms with Crippen LogP contribution >= 0.6 is 50.2 Å². The molecule has 0 fully saturated rings. The fourth-order valence-corrected chi connectivity index (χ4v) is 5.80. The third kappa shape index (κ3) is 2.79. The van der Waals surface area contributed by atoms with Gasteiger partial charge in [-0.2, -0.15) is 0 Å². The van der Waals surface area contributed by atoms with E-state index in [-0.39, 0.29) is 6.04 Å². The standard InChI is InChI=1S/C14H15BrClNS2/c1-2-17-13(12-7-9(15)14(16)19-12)11-6-8-4-3-5-10(8)18-11/h6-7,13,17H,2-5H2,1H3. The molecule has 2 heterocycles. The average Bonchev–Trinajstić information content (AvgIpc) is 3.02. The van der Waals surface area contributed by atoms with Crippen LogP contribution in [0.15, 0.2) is 16.6 Å². The number of rotatable bonds is 4. The van der Waals surface area contributed by atoms with Gasteiger partial charge in [-0.25, -0.2) is 0 Å². The molecule has 2 aromatic rings. The fraction of sp³-hybridized carbons (Fsp3) is 0.429. The molecule has 0 radical (unpaired) electrons. The smallest absolute Gasteiger partial charge is 0.107 e. The highest BCUT2D eigenvalue weighted by Crippen LogP contribution is 2.41. The molecule has 0 spiro atoms. The molecule has 5 heteroatoms. The normalized spacial score (nSPS) is 15.7. The van der Waals surface area contributed by atoms with Crippen LogP contribution in [0.5, 0.6) is 0 Å². The van der Waals surface area contributed by atoms with Crippen molar-refractivity contribution in [2.24, 2.45) is 0 Å². The Morgan fingerprint density at radius 2 is 2.11 bits per heavy atom. The lowest BCUT2D eigenvalue weighted by molar-refractivity contribution is 0.648. The van der Waals surface area contributed by atoms with E-state index in [0.29, 0.717) is 0 Å². The first-order valence-corrected chi connectivity index (χ1v) is 9.29. The van der Waals surface area contributed by atoms with Crippen molar-refractivity contribution in [1.29, 1.82) is 0 Å². The summed E-state index contributed by atoms with van der Waals surface area (Å²) in [5.41, 5.74) is 1.56. The van der Waals surface area contributed by atoms with E-state index < -0.39 is 0 Å². The molecule has 1 N–H and O–H groups in total. The van der Waals surface area contributed by atoms with Gasteiger partial charge < -0.3 is 5.32 Å². The summed E-state index contributed by atoms with van der Waals surface area (Å²) in [5, 5.41) is 3.59. The summed E-state index contributed by atoms with van der Waals surface area (Å²) in [6.07, 6.45) is 3.83. The van der Waals surface area contributed by atoms with Gasteiger partial charge in [0.1, 0.15) is 4.34 Å². The van der Waals surface area contributed by atoms with E-state index in [1.165, 1.54) is 29.0 Å².